The van der Waals surface area contributed by atoms with Crippen LogP contribution in [0.1, 0.15) is 24.0 Å². The third kappa shape index (κ3) is 4.58. The summed E-state index contributed by atoms with van der Waals surface area (Å²) in [6, 6.07) is 10.2. The molecule has 1 aliphatic heterocycles. The maximum absolute atomic E-state index is 12.1. The molecule has 1 aromatic carbocycles. The van der Waals surface area contributed by atoms with E-state index in [0.717, 1.165) is 31.5 Å². The van der Waals surface area contributed by atoms with Crippen molar-refractivity contribution in [3.8, 4) is 0 Å². The van der Waals surface area contributed by atoms with Gasteiger partial charge >= 0.3 is 6.03 Å². The fraction of sp³-hybridized carbons (Fsp3) is 0.444. The predicted molar refractivity (Wildman–Crippen MR) is 93.7 cm³/mol. The lowest BCUT2D eigenvalue weighted by molar-refractivity contribution is 0.213. The van der Waals surface area contributed by atoms with Crippen LogP contribution in [0.15, 0.2) is 42.7 Å². The number of carbonyl (C=O) groups excluding carboxylic acids is 1. The molecule has 0 bridgehead atoms. The molecular weight excluding hydrogens is 302 g/mol. The van der Waals surface area contributed by atoms with Gasteiger partial charge in [-0.15, -0.1) is 0 Å². The molecular formula is C18H25N5O. The summed E-state index contributed by atoms with van der Waals surface area (Å²) in [5, 5.41) is 10.3. The Morgan fingerprint density at radius 2 is 1.96 bits per heavy atom. The number of rotatable bonds is 5. The lowest BCUT2D eigenvalue weighted by atomic mass is 10.1. The Morgan fingerprint density at radius 1 is 1.21 bits per heavy atom. The van der Waals surface area contributed by atoms with Crippen molar-refractivity contribution in [3.05, 3.63) is 53.9 Å². The second-order valence-corrected chi connectivity index (χ2v) is 6.38. The topological polar surface area (TPSA) is 62.2 Å². The van der Waals surface area contributed by atoms with Crippen LogP contribution < -0.4 is 10.6 Å². The molecule has 2 N–H and O–H groups in total. The Morgan fingerprint density at radius 3 is 2.67 bits per heavy atom. The normalized spacial score (nSPS) is 16.0. The molecule has 1 aromatic heterocycles. The zero-order valence-electron chi connectivity index (χ0n) is 14.1. The molecule has 0 unspecified atom stereocenters. The van der Waals surface area contributed by atoms with E-state index in [0.29, 0.717) is 13.1 Å². The number of carbonyl (C=O) groups is 1. The van der Waals surface area contributed by atoms with Gasteiger partial charge in [-0.3, -0.25) is 4.68 Å². The molecule has 2 aromatic rings. The smallest absolute Gasteiger partial charge is 0.315 e. The summed E-state index contributed by atoms with van der Waals surface area (Å²) in [5.41, 5.74) is 2.28. The van der Waals surface area contributed by atoms with Crippen LogP contribution in [-0.4, -0.2) is 46.9 Å². The van der Waals surface area contributed by atoms with Crippen molar-refractivity contribution in [1.82, 2.24) is 25.3 Å². The molecule has 6 heteroatoms. The van der Waals surface area contributed by atoms with E-state index in [2.05, 4.69) is 39.8 Å². The second kappa shape index (κ2) is 7.97. The molecule has 0 atom stereocenters. The quantitative estimate of drug-likeness (QED) is 0.881. The zero-order valence-corrected chi connectivity index (χ0v) is 14.1. The molecule has 0 aliphatic carbocycles. The van der Waals surface area contributed by atoms with Crippen molar-refractivity contribution in [2.45, 2.75) is 32.0 Å². The van der Waals surface area contributed by atoms with Gasteiger partial charge in [0, 0.05) is 25.0 Å². The van der Waals surface area contributed by atoms with Crippen LogP contribution in [0.2, 0.25) is 0 Å². The number of nitrogens with zero attached hydrogens (tertiary/aromatic N) is 3. The average Bonchev–Trinajstić information content (AvgIpc) is 3.09. The van der Waals surface area contributed by atoms with Crippen LogP contribution in [0.25, 0.3) is 0 Å². The maximum Gasteiger partial charge on any atom is 0.315 e. The van der Waals surface area contributed by atoms with Gasteiger partial charge in [-0.05, 0) is 50.2 Å². The number of piperidine rings is 1. The summed E-state index contributed by atoms with van der Waals surface area (Å²) in [6.07, 6.45) is 5.74. The average molecular weight is 327 g/mol. The minimum atomic E-state index is -0.0848. The first kappa shape index (κ1) is 16.5. The van der Waals surface area contributed by atoms with Crippen molar-refractivity contribution in [1.29, 1.82) is 0 Å². The van der Waals surface area contributed by atoms with Gasteiger partial charge in [0.25, 0.3) is 0 Å². The molecule has 3 rings (SSSR count). The first-order valence-electron chi connectivity index (χ1n) is 8.48. The Kier molecular flexibility index (Phi) is 5.48. The summed E-state index contributed by atoms with van der Waals surface area (Å²) >= 11 is 0. The number of likely N-dealkylation sites (tertiary alicyclic amines) is 1. The molecule has 1 fully saturated rings. The fourth-order valence-electron chi connectivity index (χ4n) is 3.02. The van der Waals surface area contributed by atoms with Gasteiger partial charge in [0.15, 0.2) is 0 Å². The first-order valence-corrected chi connectivity index (χ1v) is 8.48. The number of hydrogen-bond donors (Lipinski definition) is 2. The molecule has 1 aliphatic rings. The Bertz CT molecular complexity index is 647. The number of nitrogens with one attached hydrogen (secondary N) is 2. The van der Waals surface area contributed by atoms with Crippen LogP contribution in [-0.2, 0) is 13.1 Å². The third-order valence-electron chi connectivity index (χ3n) is 4.50. The minimum absolute atomic E-state index is 0.0848. The van der Waals surface area contributed by atoms with E-state index >= 15 is 0 Å². The van der Waals surface area contributed by atoms with E-state index < -0.39 is 0 Å². The third-order valence-corrected chi connectivity index (χ3v) is 4.50. The molecule has 2 amide bonds. The lowest BCUT2D eigenvalue weighted by Gasteiger charge is -2.29. The van der Waals surface area contributed by atoms with Gasteiger partial charge in [-0.1, -0.05) is 24.3 Å². The molecule has 0 saturated carbocycles. The molecule has 1 saturated heterocycles. The largest absolute Gasteiger partial charge is 0.335 e. The van der Waals surface area contributed by atoms with E-state index in [-0.39, 0.29) is 12.1 Å². The molecule has 128 valence electrons. The highest BCUT2D eigenvalue weighted by molar-refractivity contribution is 5.74. The van der Waals surface area contributed by atoms with Crippen LogP contribution in [0.4, 0.5) is 4.79 Å². The molecule has 0 spiro atoms. The zero-order chi connectivity index (χ0) is 16.8. The predicted octanol–water partition coefficient (Wildman–Crippen LogP) is 1.82. The first-order chi connectivity index (χ1) is 11.7. The Labute approximate surface area is 142 Å². The van der Waals surface area contributed by atoms with Gasteiger partial charge in [0.2, 0.25) is 0 Å². The molecule has 6 nitrogen and oxygen atoms in total. The summed E-state index contributed by atoms with van der Waals surface area (Å²) < 4.78 is 1.89. The number of aromatic nitrogens is 2. The maximum atomic E-state index is 12.1. The molecule has 0 radical (unpaired) electrons. The second-order valence-electron chi connectivity index (χ2n) is 6.38. The van der Waals surface area contributed by atoms with Gasteiger partial charge in [0.1, 0.15) is 0 Å². The van der Waals surface area contributed by atoms with Crippen LogP contribution in [0.5, 0.6) is 0 Å². The number of benzene rings is 1. The van der Waals surface area contributed by atoms with Crippen molar-refractivity contribution in [2.24, 2.45) is 0 Å². The standard InChI is InChI=1S/C18H25N5O/c1-22-11-7-17(8-12-22)21-18(24)19-13-15-5-2-3-6-16(15)14-23-10-4-9-20-23/h2-6,9-10,17H,7-8,11-14H2,1H3,(H2,19,21,24). The van der Waals surface area contributed by atoms with E-state index in [1.54, 1.807) is 6.20 Å². The fourth-order valence-corrected chi connectivity index (χ4v) is 3.02. The van der Waals surface area contributed by atoms with Crippen LogP contribution >= 0.6 is 0 Å². The van der Waals surface area contributed by atoms with Gasteiger partial charge in [-0.25, -0.2) is 4.79 Å². The van der Waals surface area contributed by atoms with E-state index in [1.165, 1.54) is 5.56 Å². The van der Waals surface area contributed by atoms with Crippen molar-refractivity contribution in [2.75, 3.05) is 20.1 Å². The highest BCUT2D eigenvalue weighted by Gasteiger charge is 2.18. The highest BCUT2D eigenvalue weighted by atomic mass is 16.2. The monoisotopic (exact) mass is 327 g/mol. The Hall–Kier alpha value is -2.34. The summed E-state index contributed by atoms with van der Waals surface area (Å²) in [5.74, 6) is 0. The number of hydrogen-bond acceptors (Lipinski definition) is 3. The summed E-state index contributed by atoms with van der Waals surface area (Å²) in [4.78, 5) is 14.4. The number of amides is 2. The minimum Gasteiger partial charge on any atom is -0.335 e. The number of urea groups is 1. The molecule has 2 heterocycles. The van der Waals surface area contributed by atoms with E-state index in [1.807, 2.05) is 29.1 Å². The van der Waals surface area contributed by atoms with E-state index in [9.17, 15) is 4.79 Å². The van der Waals surface area contributed by atoms with Crippen molar-refractivity contribution in [3.63, 3.8) is 0 Å². The van der Waals surface area contributed by atoms with E-state index in [4.69, 9.17) is 0 Å². The van der Waals surface area contributed by atoms with Crippen molar-refractivity contribution < 1.29 is 4.79 Å². The van der Waals surface area contributed by atoms with Crippen LogP contribution in [0.3, 0.4) is 0 Å². The SMILES string of the molecule is CN1CCC(NC(=O)NCc2ccccc2Cn2cccn2)CC1. The van der Waals surface area contributed by atoms with Gasteiger partial charge in [-0.2, -0.15) is 5.10 Å². The molecule has 24 heavy (non-hydrogen) atoms. The van der Waals surface area contributed by atoms with Gasteiger partial charge in [0.05, 0.1) is 6.54 Å². The summed E-state index contributed by atoms with van der Waals surface area (Å²) in [6.45, 7) is 3.31. The summed E-state index contributed by atoms with van der Waals surface area (Å²) in [7, 11) is 2.12. The van der Waals surface area contributed by atoms with Crippen molar-refractivity contribution >= 4 is 6.03 Å². The Balaban J connectivity index is 1.51. The lowest BCUT2D eigenvalue weighted by Crippen LogP contribution is -2.46. The highest BCUT2D eigenvalue weighted by Crippen LogP contribution is 2.11. The van der Waals surface area contributed by atoms with Crippen LogP contribution in [0, 0.1) is 0 Å². The van der Waals surface area contributed by atoms with Gasteiger partial charge < -0.3 is 15.5 Å².